The molecule has 0 aromatic heterocycles. The zero-order valence-corrected chi connectivity index (χ0v) is 14.5. The quantitative estimate of drug-likeness (QED) is 0.864. The zero-order valence-electron chi connectivity index (χ0n) is 13.0. The molecule has 1 unspecified atom stereocenters. The van der Waals surface area contributed by atoms with Gasteiger partial charge in [-0.2, -0.15) is 0 Å². The highest BCUT2D eigenvalue weighted by Gasteiger charge is 2.26. The molecule has 0 radical (unpaired) electrons. The lowest BCUT2D eigenvalue weighted by atomic mass is 9.84. The molecule has 1 atom stereocenters. The average molecular weight is 339 g/mol. The predicted octanol–water partition coefficient (Wildman–Crippen LogP) is 4.22. The van der Waals surface area contributed by atoms with E-state index in [1.54, 1.807) is 0 Å². The van der Waals surface area contributed by atoms with E-state index in [0.29, 0.717) is 11.5 Å². The zero-order chi connectivity index (χ0) is 14.6. The Morgan fingerprint density at radius 3 is 2.75 bits per heavy atom. The monoisotopic (exact) mass is 338 g/mol. The molecule has 112 valence electrons. The number of likely N-dealkylation sites (tertiary alicyclic amines) is 1. The van der Waals surface area contributed by atoms with Crippen molar-refractivity contribution in [3.63, 3.8) is 0 Å². The van der Waals surface area contributed by atoms with E-state index in [4.69, 9.17) is 0 Å². The van der Waals surface area contributed by atoms with E-state index in [0.717, 1.165) is 6.42 Å². The number of halogens is 1. The van der Waals surface area contributed by atoms with Gasteiger partial charge in [0.05, 0.1) is 0 Å². The lowest BCUT2D eigenvalue weighted by molar-refractivity contribution is 0.113. The average Bonchev–Trinajstić information content (AvgIpc) is 2.40. The van der Waals surface area contributed by atoms with Gasteiger partial charge in [-0.25, -0.2) is 0 Å². The van der Waals surface area contributed by atoms with Crippen LogP contribution in [0, 0.1) is 5.41 Å². The summed E-state index contributed by atoms with van der Waals surface area (Å²) in [4.78, 5) is 2.63. The molecule has 0 aliphatic carbocycles. The lowest BCUT2D eigenvalue weighted by Crippen LogP contribution is -2.41. The maximum Gasteiger partial charge on any atom is 0.0340 e. The Balaban J connectivity index is 1.93. The summed E-state index contributed by atoms with van der Waals surface area (Å²) in [7, 11) is 2.06. The van der Waals surface area contributed by atoms with Gasteiger partial charge < -0.3 is 10.2 Å². The number of nitrogens with one attached hydrogen (secondary N) is 1. The Hall–Kier alpha value is -0.380. The molecule has 3 heteroatoms. The Morgan fingerprint density at radius 2 is 2.10 bits per heavy atom. The fourth-order valence-corrected chi connectivity index (χ4v) is 3.82. The first-order valence-electron chi connectivity index (χ1n) is 7.66. The topological polar surface area (TPSA) is 15.3 Å². The van der Waals surface area contributed by atoms with E-state index in [-0.39, 0.29) is 0 Å². The highest BCUT2D eigenvalue weighted by molar-refractivity contribution is 9.10. The van der Waals surface area contributed by atoms with Crippen molar-refractivity contribution in [2.24, 2.45) is 5.41 Å². The van der Waals surface area contributed by atoms with Crippen LogP contribution in [-0.2, 0) is 0 Å². The van der Waals surface area contributed by atoms with Gasteiger partial charge in [0.15, 0.2) is 0 Å². The van der Waals surface area contributed by atoms with E-state index in [1.807, 2.05) is 0 Å². The van der Waals surface area contributed by atoms with Gasteiger partial charge in [-0.15, -0.1) is 0 Å². The minimum atomic E-state index is 0.426. The third-order valence-electron chi connectivity index (χ3n) is 4.34. The number of nitrogens with zero attached hydrogens (tertiary/aromatic N) is 1. The first-order chi connectivity index (χ1) is 9.52. The number of rotatable bonds is 5. The second-order valence-corrected chi connectivity index (χ2v) is 7.55. The molecule has 2 nitrogen and oxygen atoms in total. The first kappa shape index (κ1) is 16.0. The maximum atomic E-state index is 3.67. The van der Waals surface area contributed by atoms with Crippen LogP contribution in [0.3, 0.4) is 0 Å². The summed E-state index contributed by atoms with van der Waals surface area (Å²) in [5.41, 5.74) is 1.85. The molecule has 0 saturated carbocycles. The number of benzene rings is 1. The van der Waals surface area contributed by atoms with Crippen molar-refractivity contribution in [3.8, 4) is 0 Å². The summed E-state index contributed by atoms with van der Waals surface area (Å²) < 4.78 is 1.21. The summed E-state index contributed by atoms with van der Waals surface area (Å²) in [6.45, 7) is 8.45. The largest absolute Gasteiger partial charge is 0.313 e. The van der Waals surface area contributed by atoms with E-state index in [9.17, 15) is 0 Å². The number of hydrogen-bond donors (Lipinski definition) is 1. The lowest BCUT2D eigenvalue weighted by Gasteiger charge is -2.38. The van der Waals surface area contributed by atoms with Crippen LogP contribution < -0.4 is 5.32 Å². The third kappa shape index (κ3) is 4.31. The predicted molar refractivity (Wildman–Crippen MR) is 90.0 cm³/mol. The molecule has 1 saturated heterocycles. The van der Waals surface area contributed by atoms with Crippen molar-refractivity contribution in [3.05, 3.63) is 34.3 Å². The van der Waals surface area contributed by atoms with Crippen molar-refractivity contribution in [2.75, 3.05) is 26.7 Å². The Kier molecular flexibility index (Phi) is 5.65. The Morgan fingerprint density at radius 1 is 1.35 bits per heavy atom. The van der Waals surface area contributed by atoms with Gasteiger partial charge in [0, 0.05) is 17.1 Å². The van der Waals surface area contributed by atoms with Gasteiger partial charge in [0.2, 0.25) is 0 Å². The summed E-state index contributed by atoms with van der Waals surface area (Å²) in [6, 6.07) is 8.97. The van der Waals surface area contributed by atoms with Crippen molar-refractivity contribution >= 4 is 15.9 Å². The minimum absolute atomic E-state index is 0.426. The van der Waals surface area contributed by atoms with Crippen LogP contribution in [0.5, 0.6) is 0 Å². The van der Waals surface area contributed by atoms with Gasteiger partial charge in [-0.05, 0) is 56.4 Å². The van der Waals surface area contributed by atoms with Crippen molar-refractivity contribution < 1.29 is 0 Å². The van der Waals surface area contributed by atoms with Crippen molar-refractivity contribution in [1.29, 1.82) is 0 Å². The summed E-state index contributed by atoms with van der Waals surface area (Å²) in [5.74, 6) is 0. The molecule has 1 fully saturated rings. The molecule has 1 N–H and O–H groups in total. The van der Waals surface area contributed by atoms with Crippen molar-refractivity contribution in [1.82, 2.24) is 10.2 Å². The molecule has 1 aromatic carbocycles. The third-order valence-corrected chi connectivity index (χ3v) is 5.06. The van der Waals surface area contributed by atoms with Crippen LogP contribution in [0.2, 0.25) is 0 Å². The minimum Gasteiger partial charge on any atom is -0.313 e. The Labute approximate surface area is 132 Å². The van der Waals surface area contributed by atoms with Crippen LogP contribution >= 0.6 is 15.9 Å². The van der Waals surface area contributed by atoms with Gasteiger partial charge in [0.1, 0.15) is 0 Å². The molecule has 1 aromatic rings. The molecule has 20 heavy (non-hydrogen) atoms. The normalized spacial score (nSPS) is 20.8. The summed E-state index contributed by atoms with van der Waals surface area (Å²) in [5, 5.41) is 3.46. The standard InChI is InChI=1S/C17H27BrN2/c1-17(2)10-6-11-20(13-17)12-9-16(19-3)14-7-4-5-8-15(14)18/h4-5,7-8,16,19H,6,9-13H2,1-3H3. The van der Waals surface area contributed by atoms with E-state index < -0.39 is 0 Å². The van der Waals surface area contributed by atoms with Gasteiger partial charge in [-0.1, -0.05) is 48.0 Å². The first-order valence-corrected chi connectivity index (χ1v) is 8.45. The number of hydrogen-bond acceptors (Lipinski definition) is 2. The van der Waals surface area contributed by atoms with Crippen LogP contribution in [0.4, 0.5) is 0 Å². The molecule has 1 aliphatic rings. The van der Waals surface area contributed by atoms with Crippen LogP contribution in [-0.4, -0.2) is 31.6 Å². The smallest absolute Gasteiger partial charge is 0.0340 e. The van der Waals surface area contributed by atoms with Crippen molar-refractivity contribution in [2.45, 2.75) is 39.2 Å². The van der Waals surface area contributed by atoms with E-state index in [1.165, 1.54) is 42.5 Å². The molecule has 1 aliphatic heterocycles. The van der Waals surface area contributed by atoms with Crippen LogP contribution in [0.1, 0.15) is 44.7 Å². The van der Waals surface area contributed by atoms with Gasteiger partial charge in [0.25, 0.3) is 0 Å². The molecular weight excluding hydrogens is 312 g/mol. The fourth-order valence-electron chi connectivity index (χ4n) is 3.26. The molecule has 0 bridgehead atoms. The Bertz CT molecular complexity index is 431. The second-order valence-electron chi connectivity index (χ2n) is 6.70. The summed E-state index contributed by atoms with van der Waals surface area (Å²) >= 11 is 3.67. The second kappa shape index (κ2) is 7.06. The highest BCUT2D eigenvalue weighted by atomic mass is 79.9. The van der Waals surface area contributed by atoms with Crippen LogP contribution in [0.25, 0.3) is 0 Å². The summed E-state index contributed by atoms with van der Waals surface area (Å²) in [6.07, 6.45) is 3.87. The molecule has 1 heterocycles. The van der Waals surface area contributed by atoms with Gasteiger partial charge in [-0.3, -0.25) is 0 Å². The molecular formula is C17H27BrN2. The SMILES string of the molecule is CNC(CCN1CCCC(C)(C)C1)c1ccccc1Br. The number of piperidine rings is 1. The van der Waals surface area contributed by atoms with E-state index in [2.05, 4.69) is 71.3 Å². The van der Waals surface area contributed by atoms with E-state index >= 15 is 0 Å². The molecule has 0 spiro atoms. The molecule has 0 amide bonds. The fraction of sp³-hybridized carbons (Fsp3) is 0.647. The molecule has 2 rings (SSSR count). The maximum absolute atomic E-state index is 3.67. The van der Waals surface area contributed by atoms with Gasteiger partial charge >= 0.3 is 0 Å². The van der Waals surface area contributed by atoms with Crippen LogP contribution in [0.15, 0.2) is 28.7 Å². The highest BCUT2D eigenvalue weighted by Crippen LogP contribution is 2.30.